The van der Waals surface area contributed by atoms with E-state index in [-0.39, 0.29) is 0 Å². The van der Waals surface area contributed by atoms with Gasteiger partial charge < -0.3 is 14.7 Å². The van der Waals surface area contributed by atoms with Gasteiger partial charge in [0.1, 0.15) is 18.5 Å². The van der Waals surface area contributed by atoms with E-state index in [9.17, 15) is 5.11 Å². The van der Waals surface area contributed by atoms with Crippen molar-refractivity contribution in [1.82, 2.24) is 4.90 Å². The Morgan fingerprint density at radius 2 is 1.94 bits per heavy atom. The number of hydrogen-bond acceptors (Lipinski definition) is 3. The van der Waals surface area contributed by atoms with Gasteiger partial charge >= 0.3 is 0 Å². The molecule has 0 saturated carbocycles. The van der Waals surface area contributed by atoms with Crippen LogP contribution in [0.15, 0.2) is 24.3 Å². The third-order valence-electron chi connectivity index (χ3n) is 2.59. The maximum Gasteiger partial charge on any atom is 0.119 e. The molecule has 0 amide bonds. The number of likely N-dealkylation sites (N-methyl/N-ethyl adjacent to an activating group) is 1. The van der Waals surface area contributed by atoms with Crippen molar-refractivity contribution in [2.75, 3.05) is 26.7 Å². The predicted molar refractivity (Wildman–Crippen MR) is 70.5 cm³/mol. The first-order valence-electron chi connectivity index (χ1n) is 6.18. The zero-order valence-corrected chi connectivity index (χ0v) is 11.0. The Hall–Kier alpha value is -1.06. The van der Waals surface area contributed by atoms with Crippen molar-refractivity contribution in [2.45, 2.75) is 26.4 Å². The monoisotopic (exact) mass is 237 g/mol. The molecule has 0 aliphatic heterocycles. The number of aliphatic hydroxyl groups is 1. The van der Waals surface area contributed by atoms with Gasteiger partial charge in [0.2, 0.25) is 0 Å². The molecule has 17 heavy (non-hydrogen) atoms. The summed E-state index contributed by atoms with van der Waals surface area (Å²) in [4.78, 5) is 2.11. The Morgan fingerprint density at radius 3 is 2.53 bits per heavy atom. The first-order chi connectivity index (χ1) is 8.11. The van der Waals surface area contributed by atoms with Crippen LogP contribution in [0.1, 0.15) is 18.9 Å². The molecule has 0 aliphatic rings. The van der Waals surface area contributed by atoms with E-state index in [4.69, 9.17) is 4.74 Å². The summed E-state index contributed by atoms with van der Waals surface area (Å²) in [5.74, 6) is 0.813. The van der Waals surface area contributed by atoms with Crippen LogP contribution in [0.2, 0.25) is 0 Å². The normalized spacial score (nSPS) is 12.8. The first-order valence-corrected chi connectivity index (χ1v) is 6.18. The van der Waals surface area contributed by atoms with Crippen molar-refractivity contribution in [3.8, 4) is 5.75 Å². The zero-order chi connectivity index (χ0) is 12.7. The highest BCUT2D eigenvalue weighted by molar-refractivity contribution is 5.26. The fourth-order valence-electron chi connectivity index (χ4n) is 1.71. The Kier molecular flexibility index (Phi) is 6.01. The number of nitrogens with zero attached hydrogens (tertiary/aromatic N) is 1. The average Bonchev–Trinajstić information content (AvgIpc) is 2.28. The van der Waals surface area contributed by atoms with Crippen LogP contribution in [0.4, 0.5) is 0 Å². The van der Waals surface area contributed by atoms with Crippen LogP contribution in [0.25, 0.3) is 0 Å². The van der Waals surface area contributed by atoms with Crippen LogP contribution in [-0.4, -0.2) is 42.9 Å². The van der Waals surface area contributed by atoms with Gasteiger partial charge in [-0.3, -0.25) is 0 Å². The lowest BCUT2D eigenvalue weighted by atomic mass is 10.2. The molecule has 0 saturated heterocycles. The molecule has 3 heteroatoms. The number of aliphatic hydroxyl groups excluding tert-OH is 1. The summed E-state index contributed by atoms with van der Waals surface area (Å²) in [7, 11) is 2.01. The molecule has 0 aliphatic carbocycles. The third-order valence-corrected chi connectivity index (χ3v) is 2.59. The van der Waals surface area contributed by atoms with Crippen molar-refractivity contribution in [3.63, 3.8) is 0 Å². The highest BCUT2D eigenvalue weighted by Gasteiger charge is 2.08. The summed E-state index contributed by atoms with van der Waals surface area (Å²) in [5.41, 5.74) is 1.21. The van der Waals surface area contributed by atoms with Crippen LogP contribution >= 0.6 is 0 Å². The summed E-state index contributed by atoms with van der Waals surface area (Å²) in [6.45, 7) is 6.17. The van der Waals surface area contributed by atoms with Gasteiger partial charge in [0, 0.05) is 6.54 Å². The Balaban J connectivity index is 2.27. The summed E-state index contributed by atoms with van der Waals surface area (Å²) < 4.78 is 5.53. The first kappa shape index (κ1) is 14.0. The van der Waals surface area contributed by atoms with E-state index >= 15 is 0 Å². The van der Waals surface area contributed by atoms with Gasteiger partial charge in [-0.25, -0.2) is 0 Å². The van der Waals surface area contributed by atoms with Crippen molar-refractivity contribution in [3.05, 3.63) is 29.8 Å². The molecule has 0 bridgehead atoms. The maximum absolute atomic E-state index is 9.80. The van der Waals surface area contributed by atoms with Crippen molar-refractivity contribution in [1.29, 1.82) is 0 Å². The average molecular weight is 237 g/mol. The van der Waals surface area contributed by atoms with Gasteiger partial charge in [-0.2, -0.15) is 0 Å². The molecular weight excluding hydrogens is 214 g/mol. The minimum Gasteiger partial charge on any atom is -0.491 e. The second-order valence-corrected chi connectivity index (χ2v) is 4.54. The third kappa shape index (κ3) is 5.71. The number of hydrogen-bond donors (Lipinski definition) is 1. The van der Waals surface area contributed by atoms with Crippen LogP contribution in [0.5, 0.6) is 5.75 Å². The maximum atomic E-state index is 9.80. The van der Waals surface area contributed by atoms with Crippen molar-refractivity contribution >= 4 is 0 Å². The van der Waals surface area contributed by atoms with Crippen molar-refractivity contribution < 1.29 is 9.84 Å². The molecule has 0 aromatic heterocycles. The molecule has 1 rings (SSSR count). The van der Waals surface area contributed by atoms with E-state index in [0.29, 0.717) is 13.2 Å². The fraction of sp³-hybridized carbons (Fsp3) is 0.571. The molecule has 0 fully saturated rings. The second-order valence-electron chi connectivity index (χ2n) is 4.54. The summed E-state index contributed by atoms with van der Waals surface area (Å²) in [5, 5.41) is 9.80. The zero-order valence-electron chi connectivity index (χ0n) is 11.0. The van der Waals surface area contributed by atoms with E-state index in [1.807, 2.05) is 38.2 Å². The molecule has 0 heterocycles. The molecule has 1 N–H and O–H groups in total. The number of ether oxygens (including phenoxy) is 1. The summed E-state index contributed by atoms with van der Waals surface area (Å²) in [6.07, 6.45) is 0.662. The fourth-order valence-corrected chi connectivity index (χ4v) is 1.71. The van der Waals surface area contributed by atoms with E-state index in [1.165, 1.54) is 5.56 Å². The van der Waals surface area contributed by atoms with Gasteiger partial charge in [-0.05, 0) is 39.1 Å². The van der Waals surface area contributed by atoms with E-state index in [2.05, 4.69) is 11.8 Å². The minimum atomic E-state index is -0.437. The molecular formula is C14H23NO2. The molecule has 1 aromatic carbocycles. The van der Waals surface area contributed by atoms with Crippen LogP contribution < -0.4 is 4.74 Å². The molecule has 0 spiro atoms. The Labute approximate surface area is 104 Å². The molecule has 3 nitrogen and oxygen atoms in total. The molecule has 1 aromatic rings. The van der Waals surface area contributed by atoms with Crippen LogP contribution in [0.3, 0.4) is 0 Å². The largest absolute Gasteiger partial charge is 0.491 e. The molecule has 1 atom stereocenters. The molecule has 1 unspecified atom stereocenters. The SMILES string of the molecule is CCCN(C)CC(O)COc1ccc(C)cc1. The smallest absolute Gasteiger partial charge is 0.119 e. The van der Waals surface area contributed by atoms with Gasteiger partial charge in [0.25, 0.3) is 0 Å². The van der Waals surface area contributed by atoms with E-state index < -0.39 is 6.10 Å². The van der Waals surface area contributed by atoms with Crippen LogP contribution in [-0.2, 0) is 0 Å². The van der Waals surface area contributed by atoms with Gasteiger partial charge in [-0.15, -0.1) is 0 Å². The summed E-state index contributed by atoms with van der Waals surface area (Å²) >= 11 is 0. The number of aryl methyl sites for hydroxylation is 1. The standard InChI is InChI=1S/C14H23NO2/c1-4-9-15(3)10-13(16)11-17-14-7-5-12(2)6-8-14/h5-8,13,16H,4,9-11H2,1-3H3. The lowest BCUT2D eigenvalue weighted by molar-refractivity contribution is 0.0764. The lowest BCUT2D eigenvalue weighted by Crippen LogP contribution is -2.33. The number of benzene rings is 1. The van der Waals surface area contributed by atoms with E-state index in [0.717, 1.165) is 18.7 Å². The van der Waals surface area contributed by atoms with Gasteiger partial charge in [0.05, 0.1) is 0 Å². The minimum absolute atomic E-state index is 0.344. The summed E-state index contributed by atoms with van der Waals surface area (Å²) in [6, 6.07) is 7.87. The quantitative estimate of drug-likeness (QED) is 0.788. The van der Waals surface area contributed by atoms with Crippen LogP contribution in [0, 0.1) is 6.92 Å². The lowest BCUT2D eigenvalue weighted by Gasteiger charge is -2.20. The molecule has 0 radical (unpaired) electrons. The van der Waals surface area contributed by atoms with Gasteiger partial charge in [-0.1, -0.05) is 24.6 Å². The predicted octanol–water partition coefficient (Wildman–Crippen LogP) is 2.08. The van der Waals surface area contributed by atoms with Gasteiger partial charge in [0.15, 0.2) is 0 Å². The number of rotatable bonds is 7. The Morgan fingerprint density at radius 1 is 1.29 bits per heavy atom. The second kappa shape index (κ2) is 7.30. The van der Waals surface area contributed by atoms with Crippen molar-refractivity contribution in [2.24, 2.45) is 0 Å². The molecule has 96 valence electrons. The van der Waals surface area contributed by atoms with E-state index in [1.54, 1.807) is 0 Å². The topological polar surface area (TPSA) is 32.7 Å². The Bertz CT molecular complexity index is 311. The highest BCUT2D eigenvalue weighted by Crippen LogP contribution is 2.11. The highest BCUT2D eigenvalue weighted by atomic mass is 16.5.